The van der Waals surface area contributed by atoms with Crippen molar-refractivity contribution in [2.75, 3.05) is 48.9 Å². The van der Waals surface area contributed by atoms with Gasteiger partial charge < -0.3 is 19.7 Å². The van der Waals surface area contributed by atoms with Gasteiger partial charge in [-0.3, -0.25) is 5.32 Å². The molecule has 8 nitrogen and oxygen atoms in total. The Bertz CT molecular complexity index is 1250. The van der Waals surface area contributed by atoms with Crippen LogP contribution < -0.4 is 15.5 Å². The number of amides is 2. The minimum atomic E-state index is -0.589. The molecular formula is C24H21ClN4O4S. The van der Waals surface area contributed by atoms with Gasteiger partial charge in [-0.15, -0.1) is 0 Å². The van der Waals surface area contributed by atoms with Gasteiger partial charge in [0.2, 0.25) is 0 Å². The fourth-order valence-electron chi connectivity index (χ4n) is 3.14. The van der Waals surface area contributed by atoms with Gasteiger partial charge in [0.15, 0.2) is 15.8 Å². The quantitative estimate of drug-likeness (QED) is 0.409. The smallest absolute Gasteiger partial charge is 0.352 e. The molecule has 174 valence electrons. The number of ether oxygens (including phenoxy) is 2. The van der Waals surface area contributed by atoms with Crippen molar-refractivity contribution in [3.8, 4) is 11.8 Å². The molecule has 2 aromatic carbocycles. The monoisotopic (exact) mass is 496 g/mol. The fourth-order valence-corrected chi connectivity index (χ4v) is 4.35. The third-order valence-electron chi connectivity index (χ3n) is 4.84. The lowest BCUT2D eigenvalue weighted by Gasteiger charge is -2.25. The first-order valence-electron chi connectivity index (χ1n) is 10.4. The molecule has 2 heterocycles. The lowest BCUT2D eigenvalue weighted by molar-refractivity contribution is 0.0607. The summed E-state index contributed by atoms with van der Waals surface area (Å²) in [5, 5.41) is 6.25. The number of morpholine rings is 1. The third-order valence-corrected chi connectivity index (χ3v) is 6.25. The molecule has 0 aliphatic carbocycles. The van der Waals surface area contributed by atoms with E-state index in [4.69, 9.17) is 21.1 Å². The molecule has 0 spiro atoms. The molecule has 2 amide bonds. The summed E-state index contributed by atoms with van der Waals surface area (Å²) in [5.74, 6) is 5.65. The number of methoxy groups -OCH3 is 1. The van der Waals surface area contributed by atoms with E-state index in [1.807, 2.05) is 35.2 Å². The Kier molecular flexibility index (Phi) is 7.65. The normalized spacial score (nSPS) is 12.9. The molecule has 4 rings (SSSR count). The van der Waals surface area contributed by atoms with Crippen LogP contribution in [0.1, 0.15) is 20.8 Å². The van der Waals surface area contributed by atoms with Crippen LogP contribution in [0.4, 0.5) is 21.4 Å². The van der Waals surface area contributed by atoms with Gasteiger partial charge in [0.25, 0.3) is 0 Å². The highest BCUT2D eigenvalue weighted by Gasteiger charge is 2.24. The van der Waals surface area contributed by atoms with E-state index in [1.54, 1.807) is 18.2 Å². The second-order valence-corrected chi connectivity index (χ2v) is 8.54. The average molecular weight is 497 g/mol. The number of benzene rings is 2. The number of thiazole rings is 1. The maximum Gasteiger partial charge on any atom is 0.352 e. The molecule has 0 unspecified atom stereocenters. The van der Waals surface area contributed by atoms with Crippen molar-refractivity contribution in [2.45, 2.75) is 0 Å². The Labute approximate surface area is 205 Å². The van der Waals surface area contributed by atoms with Gasteiger partial charge in [-0.05, 0) is 30.3 Å². The van der Waals surface area contributed by atoms with Crippen LogP contribution in [0, 0.1) is 11.8 Å². The fraction of sp³-hybridized carbons (Fsp3) is 0.208. The number of carbonyl (C=O) groups is 2. The van der Waals surface area contributed by atoms with E-state index in [0.29, 0.717) is 47.7 Å². The van der Waals surface area contributed by atoms with Crippen molar-refractivity contribution in [3.05, 3.63) is 69.6 Å². The molecular weight excluding hydrogens is 476 g/mol. The Morgan fingerprint density at radius 1 is 1.09 bits per heavy atom. The number of aromatic nitrogens is 1. The largest absolute Gasteiger partial charge is 0.465 e. The number of nitrogens with zero attached hydrogens (tertiary/aromatic N) is 2. The molecule has 2 N–H and O–H groups in total. The molecule has 10 heteroatoms. The van der Waals surface area contributed by atoms with Crippen molar-refractivity contribution in [2.24, 2.45) is 0 Å². The standard InChI is InChI=1S/C24H21ClN4O4S/c1-32-22(30)20-21(28-24(34-20)29-11-13-33-14-12-29)27-23(31)26-19-10-9-17(15-18(19)25)8-7-16-5-3-2-4-6-16/h2-6,9-10,15H,11-14H2,1H3,(H2,26,27,31). The van der Waals surface area contributed by atoms with Gasteiger partial charge in [0.05, 0.1) is 31.0 Å². The third kappa shape index (κ3) is 5.85. The first kappa shape index (κ1) is 23.6. The summed E-state index contributed by atoms with van der Waals surface area (Å²) in [6, 6.07) is 14.1. The summed E-state index contributed by atoms with van der Waals surface area (Å²) in [4.78, 5) is 31.5. The summed E-state index contributed by atoms with van der Waals surface area (Å²) in [6.07, 6.45) is 0. The van der Waals surface area contributed by atoms with Crippen molar-refractivity contribution in [1.29, 1.82) is 0 Å². The van der Waals surface area contributed by atoms with Crippen molar-refractivity contribution in [1.82, 2.24) is 4.98 Å². The number of rotatable bonds is 4. The van der Waals surface area contributed by atoms with Crippen LogP contribution in [0.25, 0.3) is 0 Å². The van der Waals surface area contributed by atoms with E-state index in [0.717, 1.165) is 16.9 Å². The predicted octanol–water partition coefficient (Wildman–Crippen LogP) is 4.46. The van der Waals surface area contributed by atoms with Crippen LogP contribution >= 0.6 is 22.9 Å². The van der Waals surface area contributed by atoms with E-state index >= 15 is 0 Å². The molecule has 1 aromatic heterocycles. The number of urea groups is 1. The highest BCUT2D eigenvalue weighted by Crippen LogP contribution is 2.31. The summed E-state index contributed by atoms with van der Waals surface area (Å²) in [6.45, 7) is 2.44. The maximum atomic E-state index is 12.6. The Balaban J connectivity index is 1.46. The second-order valence-electron chi connectivity index (χ2n) is 7.15. The van der Waals surface area contributed by atoms with E-state index < -0.39 is 12.0 Å². The van der Waals surface area contributed by atoms with Crippen molar-refractivity contribution >= 4 is 51.6 Å². The number of carbonyl (C=O) groups excluding carboxylic acids is 2. The molecule has 1 saturated heterocycles. The number of halogens is 1. The maximum absolute atomic E-state index is 12.6. The van der Waals surface area contributed by atoms with Crippen LogP contribution in [0.15, 0.2) is 48.5 Å². The zero-order valence-electron chi connectivity index (χ0n) is 18.3. The van der Waals surface area contributed by atoms with Gasteiger partial charge in [0, 0.05) is 24.2 Å². The average Bonchev–Trinajstić information content (AvgIpc) is 3.28. The van der Waals surface area contributed by atoms with Crippen molar-refractivity contribution in [3.63, 3.8) is 0 Å². The highest BCUT2D eigenvalue weighted by molar-refractivity contribution is 7.18. The zero-order valence-corrected chi connectivity index (χ0v) is 19.8. The number of hydrogen-bond acceptors (Lipinski definition) is 7. The molecule has 1 aliphatic rings. The first-order chi connectivity index (χ1) is 16.5. The zero-order chi connectivity index (χ0) is 23.9. The predicted molar refractivity (Wildman–Crippen MR) is 133 cm³/mol. The van der Waals surface area contributed by atoms with Crippen molar-refractivity contribution < 1.29 is 19.1 Å². The Morgan fingerprint density at radius 3 is 2.53 bits per heavy atom. The molecule has 0 bridgehead atoms. The van der Waals surface area contributed by atoms with Gasteiger partial charge in [-0.25, -0.2) is 14.6 Å². The summed E-state index contributed by atoms with van der Waals surface area (Å²) in [5.41, 5.74) is 2.00. The van der Waals surface area contributed by atoms with Gasteiger partial charge >= 0.3 is 12.0 Å². The van der Waals surface area contributed by atoms with Crippen LogP contribution in [0.3, 0.4) is 0 Å². The molecule has 0 radical (unpaired) electrons. The van der Waals surface area contributed by atoms with E-state index in [1.165, 1.54) is 7.11 Å². The molecule has 1 fully saturated rings. The number of hydrogen-bond donors (Lipinski definition) is 2. The van der Waals surface area contributed by atoms with Crippen LogP contribution in [0.5, 0.6) is 0 Å². The lowest BCUT2D eigenvalue weighted by Crippen LogP contribution is -2.36. The van der Waals surface area contributed by atoms with Gasteiger partial charge in [0.1, 0.15) is 0 Å². The van der Waals surface area contributed by atoms with Crippen LogP contribution in [-0.4, -0.2) is 50.4 Å². The lowest BCUT2D eigenvalue weighted by atomic mass is 10.1. The first-order valence-corrected chi connectivity index (χ1v) is 11.6. The van der Waals surface area contributed by atoms with Gasteiger partial charge in [-0.2, -0.15) is 0 Å². The molecule has 0 atom stereocenters. The highest BCUT2D eigenvalue weighted by atomic mass is 35.5. The number of anilines is 3. The molecule has 34 heavy (non-hydrogen) atoms. The number of esters is 1. The molecule has 3 aromatic rings. The SMILES string of the molecule is COC(=O)c1sc(N2CCOCC2)nc1NC(=O)Nc1ccc(C#Cc2ccccc2)cc1Cl. The minimum absolute atomic E-state index is 0.123. The Hall–Kier alpha value is -3.58. The van der Waals surface area contributed by atoms with Crippen LogP contribution in [0.2, 0.25) is 5.02 Å². The summed E-state index contributed by atoms with van der Waals surface area (Å²) >= 11 is 7.51. The van der Waals surface area contributed by atoms with E-state index in [2.05, 4.69) is 27.5 Å². The molecule has 1 aliphatic heterocycles. The number of nitrogens with one attached hydrogen (secondary N) is 2. The van der Waals surface area contributed by atoms with E-state index in [-0.39, 0.29) is 10.7 Å². The van der Waals surface area contributed by atoms with Crippen LogP contribution in [-0.2, 0) is 9.47 Å². The van der Waals surface area contributed by atoms with E-state index in [9.17, 15) is 9.59 Å². The topological polar surface area (TPSA) is 92.8 Å². The summed E-state index contributed by atoms with van der Waals surface area (Å²) in [7, 11) is 1.28. The summed E-state index contributed by atoms with van der Waals surface area (Å²) < 4.78 is 10.2. The Morgan fingerprint density at radius 2 is 1.82 bits per heavy atom. The minimum Gasteiger partial charge on any atom is -0.465 e. The molecule has 0 saturated carbocycles. The van der Waals surface area contributed by atoms with Gasteiger partial charge in [-0.1, -0.05) is 53.0 Å². The second kappa shape index (κ2) is 11.0.